The molecule has 0 aromatic heterocycles. The van der Waals surface area contributed by atoms with Gasteiger partial charge in [0.15, 0.2) is 0 Å². The maximum Gasteiger partial charge on any atom is 0.246 e. The maximum atomic E-state index is 12.1. The van der Waals surface area contributed by atoms with Crippen LogP contribution in [0.4, 0.5) is 0 Å². The van der Waals surface area contributed by atoms with Crippen molar-refractivity contribution in [2.75, 3.05) is 25.4 Å². The fourth-order valence-electron chi connectivity index (χ4n) is 2.57. The van der Waals surface area contributed by atoms with E-state index in [1.54, 1.807) is 0 Å². The van der Waals surface area contributed by atoms with Crippen LogP contribution >= 0.6 is 23.4 Å². The Morgan fingerprint density at radius 2 is 2.38 bits per heavy atom. The van der Waals surface area contributed by atoms with Gasteiger partial charge in [-0.1, -0.05) is 11.6 Å². The van der Waals surface area contributed by atoms with E-state index in [-0.39, 0.29) is 24.2 Å². The molecule has 6 heteroatoms. The number of ether oxygens (including phenoxy) is 1. The van der Waals surface area contributed by atoms with Crippen LogP contribution in [0.5, 0.6) is 0 Å². The summed E-state index contributed by atoms with van der Waals surface area (Å²) in [7, 11) is 0. The second-order valence-corrected chi connectivity index (χ2v) is 7.35. The number of rotatable bonds is 4. The second kappa shape index (κ2) is 6.16. The van der Waals surface area contributed by atoms with Crippen LogP contribution in [0.1, 0.15) is 24.9 Å². The predicted molar refractivity (Wildman–Crippen MR) is 84.9 cm³/mol. The molecule has 0 saturated carbocycles. The van der Waals surface area contributed by atoms with Crippen molar-refractivity contribution in [2.24, 2.45) is 0 Å². The van der Waals surface area contributed by atoms with Crippen molar-refractivity contribution in [1.82, 2.24) is 10.6 Å². The topological polar surface area (TPSA) is 50.4 Å². The van der Waals surface area contributed by atoms with Gasteiger partial charge >= 0.3 is 0 Å². The van der Waals surface area contributed by atoms with Crippen LogP contribution in [0.3, 0.4) is 0 Å². The van der Waals surface area contributed by atoms with Gasteiger partial charge in [-0.2, -0.15) is 0 Å². The molecule has 2 aliphatic heterocycles. The maximum absolute atomic E-state index is 12.1. The second-order valence-electron chi connectivity index (χ2n) is 5.78. The molecule has 21 heavy (non-hydrogen) atoms. The summed E-state index contributed by atoms with van der Waals surface area (Å²) in [6.45, 7) is 3.73. The summed E-state index contributed by atoms with van der Waals surface area (Å²) < 4.78 is 5.67. The average molecular weight is 327 g/mol. The summed E-state index contributed by atoms with van der Waals surface area (Å²) in [6, 6.07) is 5.90. The van der Waals surface area contributed by atoms with E-state index in [0.717, 1.165) is 30.8 Å². The zero-order chi connectivity index (χ0) is 14.9. The summed E-state index contributed by atoms with van der Waals surface area (Å²) >= 11 is 7.88. The summed E-state index contributed by atoms with van der Waals surface area (Å²) in [6.07, 6.45) is 0.919. The highest BCUT2D eigenvalue weighted by Gasteiger charge is 2.33. The lowest BCUT2D eigenvalue weighted by Crippen LogP contribution is -2.59. The van der Waals surface area contributed by atoms with Gasteiger partial charge in [-0.15, -0.1) is 11.8 Å². The third-order valence-electron chi connectivity index (χ3n) is 3.90. The highest BCUT2D eigenvalue weighted by atomic mass is 35.5. The van der Waals surface area contributed by atoms with Crippen molar-refractivity contribution >= 4 is 29.3 Å². The number of thioether (sulfide) groups is 1. The Morgan fingerprint density at radius 3 is 3.10 bits per heavy atom. The molecule has 0 spiro atoms. The zero-order valence-electron chi connectivity index (χ0n) is 11.9. The van der Waals surface area contributed by atoms with Crippen LogP contribution in [0.15, 0.2) is 23.1 Å². The summed E-state index contributed by atoms with van der Waals surface area (Å²) in [5, 5.41) is 6.93. The van der Waals surface area contributed by atoms with Gasteiger partial charge in [0, 0.05) is 28.8 Å². The fourth-order valence-corrected chi connectivity index (χ4v) is 3.86. The minimum atomic E-state index is -0.193. The number of carbonyl (C=O) groups excluding carboxylic acids is 1. The Bertz CT molecular complexity index is 548. The van der Waals surface area contributed by atoms with Crippen molar-refractivity contribution in [3.05, 3.63) is 28.8 Å². The number of benzene rings is 1. The van der Waals surface area contributed by atoms with E-state index in [4.69, 9.17) is 16.3 Å². The van der Waals surface area contributed by atoms with Crippen molar-refractivity contribution in [3.63, 3.8) is 0 Å². The molecule has 1 aromatic carbocycles. The van der Waals surface area contributed by atoms with Crippen LogP contribution in [-0.4, -0.2) is 37.0 Å². The Labute approximate surface area is 134 Å². The molecule has 2 N–H and O–H groups in total. The molecule has 1 amide bonds. The Hall–Kier alpha value is -0.750. The number of carbonyl (C=O) groups is 1. The number of fused-ring (bicyclic) bond motifs is 1. The molecule has 0 radical (unpaired) electrons. The van der Waals surface area contributed by atoms with Crippen LogP contribution in [0.25, 0.3) is 0 Å². The van der Waals surface area contributed by atoms with E-state index < -0.39 is 0 Å². The highest BCUT2D eigenvalue weighted by molar-refractivity contribution is 7.99. The number of hydrogen-bond donors (Lipinski definition) is 2. The number of amides is 1. The number of hydrogen-bond acceptors (Lipinski definition) is 4. The summed E-state index contributed by atoms with van der Waals surface area (Å²) in [5.74, 6) is 0.938. The standard InChI is InChI=1S/C15H19ClN2O2S/c1-15(8-17-9-15)20-7-14(19)18-12-4-5-21-13-3-2-10(16)6-11(12)13/h2-3,6,12,17H,4-5,7-9H2,1H3,(H,18,19). The van der Waals surface area contributed by atoms with Gasteiger partial charge in [0.2, 0.25) is 5.91 Å². The smallest absolute Gasteiger partial charge is 0.246 e. The largest absolute Gasteiger partial charge is 0.363 e. The average Bonchev–Trinajstić information content (AvgIpc) is 2.44. The first-order valence-corrected chi connectivity index (χ1v) is 8.48. The summed E-state index contributed by atoms with van der Waals surface area (Å²) in [4.78, 5) is 13.3. The normalized spacial score (nSPS) is 23.0. The molecule has 1 aromatic rings. The Morgan fingerprint density at radius 1 is 1.57 bits per heavy atom. The van der Waals surface area contributed by atoms with E-state index in [0.29, 0.717) is 5.02 Å². The third-order valence-corrected chi connectivity index (χ3v) is 5.25. The van der Waals surface area contributed by atoms with Crippen LogP contribution in [-0.2, 0) is 9.53 Å². The molecule has 1 atom stereocenters. The van der Waals surface area contributed by atoms with Gasteiger partial charge in [-0.05, 0) is 37.1 Å². The number of nitrogens with one attached hydrogen (secondary N) is 2. The summed E-state index contributed by atoms with van der Waals surface area (Å²) in [5.41, 5.74) is 0.921. The monoisotopic (exact) mass is 326 g/mol. The minimum absolute atomic E-state index is 0.0309. The molecular formula is C15H19ClN2O2S. The van der Waals surface area contributed by atoms with Gasteiger partial charge < -0.3 is 15.4 Å². The predicted octanol–water partition coefficient (Wildman–Crippen LogP) is 2.37. The van der Waals surface area contributed by atoms with E-state index in [2.05, 4.69) is 10.6 Å². The van der Waals surface area contributed by atoms with E-state index in [9.17, 15) is 4.79 Å². The SMILES string of the molecule is CC1(OCC(=O)NC2CCSc3ccc(Cl)cc32)CNC1. The highest BCUT2D eigenvalue weighted by Crippen LogP contribution is 2.37. The third kappa shape index (κ3) is 3.54. The zero-order valence-corrected chi connectivity index (χ0v) is 13.5. The lowest BCUT2D eigenvalue weighted by Gasteiger charge is -2.39. The van der Waals surface area contributed by atoms with E-state index >= 15 is 0 Å². The van der Waals surface area contributed by atoms with Crippen molar-refractivity contribution in [2.45, 2.75) is 29.9 Å². The van der Waals surface area contributed by atoms with E-state index in [1.165, 1.54) is 4.90 Å². The molecule has 0 aliphatic carbocycles. The van der Waals surface area contributed by atoms with Gasteiger partial charge in [-0.3, -0.25) is 4.79 Å². The Balaban J connectivity index is 1.60. The molecule has 1 unspecified atom stereocenters. The quantitative estimate of drug-likeness (QED) is 0.892. The first-order chi connectivity index (χ1) is 10.1. The van der Waals surface area contributed by atoms with Crippen molar-refractivity contribution in [1.29, 1.82) is 0 Å². The van der Waals surface area contributed by atoms with Crippen LogP contribution < -0.4 is 10.6 Å². The molecule has 0 bridgehead atoms. The molecule has 3 rings (SSSR count). The first-order valence-electron chi connectivity index (χ1n) is 7.12. The van der Waals surface area contributed by atoms with Gasteiger partial charge in [0.1, 0.15) is 6.61 Å². The molecule has 114 valence electrons. The lowest BCUT2D eigenvalue weighted by molar-refractivity contribution is -0.136. The van der Waals surface area contributed by atoms with E-state index in [1.807, 2.05) is 36.9 Å². The number of halogens is 1. The van der Waals surface area contributed by atoms with Crippen molar-refractivity contribution < 1.29 is 9.53 Å². The fraction of sp³-hybridized carbons (Fsp3) is 0.533. The van der Waals surface area contributed by atoms with Gasteiger partial charge in [0.05, 0.1) is 11.6 Å². The molecule has 1 fully saturated rings. The Kier molecular flexibility index (Phi) is 4.45. The molecular weight excluding hydrogens is 308 g/mol. The van der Waals surface area contributed by atoms with Crippen LogP contribution in [0, 0.1) is 0 Å². The first kappa shape index (κ1) is 15.2. The van der Waals surface area contributed by atoms with Gasteiger partial charge in [0.25, 0.3) is 0 Å². The van der Waals surface area contributed by atoms with Gasteiger partial charge in [-0.25, -0.2) is 0 Å². The van der Waals surface area contributed by atoms with Crippen LogP contribution in [0.2, 0.25) is 5.02 Å². The van der Waals surface area contributed by atoms with Crippen molar-refractivity contribution in [3.8, 4) is 0 Å². The molecule has 1 saturated heterocycles. The molecule has 4 nitrogen and oxygen atoms in total. The lowest BCUT2D eigenvalue weighted by atomic mass is 10.0. The molecule has 2 heterocycles. The minimum Gasteiger partial charge on any atom is -0.363 e. The molecule has 2 aliphatic rings.